The first-order valence-corrected chi connectivity index (χ1v) is 9.98. The maximum absolute atomic E-state index is 12.0. The van der Waals surface area contributed by atoms with Crippen LogP contribution >= 0.6 is 0 Å². The van der Waals surface area contributed by atoms with Gasteiger partial charge in [-0.2, -0.15) is 0 Å². The molecule has 0 aliphatic carbocycles. The fourth-order valence-electron chi connectivity index (χ4n) is 2.99. The number of carbonyl (C=O) groups is 2. The van der Waals surface area contributed by atoms with E-state index in [1.807, 2.05) is 20.8 Å². The van der Waals surface area contributed by atoms with E-state index < -0.39 is 11.7 Å². The van der Waals surface area contributed by atoms with Crippen molar-refractivity contribution in [3.63, 3.8) is 0 Å². The standard InChI is InChI=1S/C19H37N5O4/c1-7-8-15(23-17(25)28-19(2,3)4)13-21-16(20-5)22-14-9-11-24(12-10-14)18(26)27-6/h14-15H,7-13H2,1-6H3,(H,23,25)(H2,20,21,22). The number of likely N-dealkylation sites (tertiary alicyclic amines) is 1. The van der Waals surface area contributed by atoms with E-state index in [1.54, 1.807) is 11.9 Å². The highest BCUT2D eigenvalue weighted by Crippen LogP contribution is 2.11. The summed E-state index contributed by atoms with van der Waals surface area (Å²) in [6, 6.07) is 0.176. The molecule has 0 saturated carbocycles. The third-order valence-electron chi connectivity index (χ3n) is 4.37. The number of guanidine groups is 1. The van der Waals surface area contributed by atoms with E-state index in [2.05, 4.69) is 27.9 Å². The summed E-state index contributed by atoms with van der Waals surface area (Å²) in [5.41, 5.74) is -0.523. The molecule has 162 valence electrons. The third kappa shape index (κ3) is 9.14. The minimum Gasteiger partial charge on any atom is -0.453 e. The molecule has 2 amide bonds. The van der Waals surface area contributed by atoms with Gasteiger partial charge in [-0.15, -0.1) is 0 Å². The number of piperidine rings is 1. The van der Waals surface area contributed by atoms with E-state index >= 15 is 0 Å². The van der Waals surface area contributed by atoms with Crippen LogP contribution < -0.4 is 16.0 Å². The maximum Gasteiger partial charge on any atom is 0.409 e. The molecule has 9 nitrogen and oxygen atoms in total. The number of aliphatic imine (C=N–C) groups is 1. The van der Waals surface area contributed by atoms with Gasteiger partial charge in [0.2, 0.25) is 0 Å². The lowest BCUT2D eigenvalue weighted by Gasteiger charge is -2.32. The zero-order valence-corrected chi connectivity index (χ0v) is 18.1. The summed E-state index contributed by atoms with van der Waals surface area (Å²) < 4.78 is 10.1. The number of alkyl carbamates (subject to hydrolysis) is 1. The quantitative estimate of drug-likeness (QED) is 0.467. The molecular formula is C19H37N5O4. The SMILES string of the molecule is CCCC(CNC(=NC)NC1CCN(C(=O)OC)CC1)NC(=O)OC(C)(C)C. The second kappa shape index (κ2) is 11.6. The molecule has 1 rings (SSSR count). The van der Waals surface area contributed by atoms with Crippen LogP contribution in [0.1, 0.15) is 53.4 Å². The minimum atomic E-state index is -0.523. The van der Waals surface area contributed by atoms with Crippen molar-refractivity contribution in [1.29, 1.82) is 0 Å². The number of hydrogen-bond acceptors (Lipinski definition) is 5. The van der Waals surface area contributed by atoms with Crippen LogP contribution in [0.2, 0.25) is 0 Å². The third-order valence-corrected chi connectivity index (χ3v) is 4.37. The monoisotopic (exact) mass is 399 g/mol. The summed E-state index contributed by atoms with van der Waals surface area (Å²) in [7, 11) is 3.12. The van der Waals surface area contributed by atoms with Gasteiger partial charge < -0.3 is 30.3 Å². The summed E-state index contributed by atoms with van der Waals surface area (Å²) in [5, 5.41) is 9.58. The summed E-state index contributed by atoms with van der Waals surface area (Å²) in [6.45, 7) is 9.46. The van der Waals surface area contributed by atoms with Crippen LogP contribution in [0.15, 0.2) is 4.99 Å². The van der Waals surface area contributed by atoms with Crippen LogP contribution in [0, 0.1) is 0 Å². The Morgan fingerprint density at radius 1 is 1.25 bits per heavy atom. The number of nitrogens with zero attached hydrogens (tertiary/aromatic N) is 2. The predicted molar refractivity (Wildman–Crippen MR) is 110 cm³/mol. The average Bonchev–Trinajstić information content (AvgIpc) is 2.63. The average molecular weight is 400 g/mol. The Kier molecular flexibility index (Phi) is 9.89. The topological polar surface area (TPSA) is 104 Å². The fourth-order valence-corrected chi connectivity index (χ4v) is 2.99. The maximum atomic E-state index is 12.0. The van der Waals surface area contributed by atoms with Gasteiger partial charge in [0.25, 0.3) is 0 Å². The molecule has 0 aromatic carbocycles. The van der Waals surface area contributed by atoms with Crippen molar-refractivity contribution in [3.05, 3.63) is 0 Å². The van der Waals surface area contributed by atoms with E-state index in [9.17, 15) is 9.59 Å². The lowest BCUT2D eigenvalue weighted by Crippen LogP contribution is -2.52. The Labute approximate surface area is 168 Å². The van der Waals surface area contributed by atoms with E-state index in [0.717, 1.165) is 25.7 Å². The van der Waals surface area contributed by atoms with Crippen LogP contribution in [-0.2, 0) is 9.47 Å². The van der Waals surface area contributed by atoms with Crippen LogP contribution in [0.25, 0.3) is 0 Å². The molecule has 0 bridgehead atoms. The molecule has 0 aromatic rings. The van der Waals surface area contributed by atoms with Crippen LogP contribution in [0.5, 0.6) is 0 Å². The number of carbonyl (C=O) groups excluding carboxylic acids is 2. The normalized spacial score (nSPS) is 16.9. The van der Waals surface area contributed by atoms with Gasteiger partial charge in [0, 0.05) is 38.8 Å². The van der Waals surface area contributed by atoms with Gasteiger partial charge in [-0.25, -0.2) is 9.59 Å². The van der Waals surface area contributed by atoms with Gasteiger partial charge >= 0.3 is 12.2 Å². The molecule has 0 aromatic heterocycles. The summed E-state index contributed by atoms with van der Waals surface area (Å²) >= 11 is 0. The van der Waals surface area contributed by atoms with Crippen molar-refractivity contribution in [2.24, 2.45) is 4.99 Å². The zero-order chi connectivity index (χ0) is 21.2. The summed E-state index contributed by atoms with van der Waals surface area (Å²) in [4.78, 5) is 29.6. The van der Waals surface area contributed by atoms with Crippen molar-refractivity contribution in [3.8, 4) is 0 Å². The van der Waals surface area contributed by atoms with Gasteiger partial charge in [-0.05, 0) is 40.0 Å². The van der Waals surface area contributed by atoms with E-state index in [0.29, 0.717) is 25.6 Å². The lowest BCUT2D eigenvalue weighted by atomic mass is 10.1. The lowest BCUT2D eigenvalue weighted by molar-refractivity contribution is 0.0502. The Bertz CT molecular complexity index is 525. The van der Waals surface area contributed by atoms with Gasteiger partial charge in [0.1, 0.15) is 5.60 Å². The van der Waals surface area contributed by atoms with Crippen molar-refractivity contribution < 1.29 is 19.1 Å². The Hall–Kier alpha value is -2.19. The second-order valence-corrected chi connectivity index (χ2v) is 7.96. The van der Waals surface area contributed by atoms with Crippen molar-refractivity contribution in [2.75, 3.05) is 33.8 Å². The molecule has 3 N–H and O–H groups in total. The van der Waals surface area contributed by atoms with Crippen molar-refractivity contribution in [2.45, 2.75) is 71.1 Å². The van der Waals surface area contributed by atoms with E-state index in [-0.39, 0.29) is 18.2 Å². The molecule has 1 unspecified atom stereocenters. The molecular weight excluding hydrogens is 362 g/mol. The predicted octanol–water partition coefficient (Wildman–Crippen LogP) is 2.08. The number of hydrogen-bond donors (Lipinski definition) is 3. The molecule has 9 heteroatoms. The number of ether oxygens (including phenoxy) is 2. The van der Waals surface area contributed by atoms with Gasteiger partial charge in [-0.3, -0.25) is 4.99 Å². The van der Waals surface area contributed by atoms with Gasteiger partial charge in [0.05, 0.1) is 7.11 Å². The highest BCUT2D eigenvalue weighted by molar-refractivity contribution is 5.80. The molecule has 28 heavy (non-hydrogen) atoms. The van der Waals surface area contributed by atoms with Crippen molar-refractivity contribution in [1.82, 2.24) is 20.9 Å². The molecule has 1 atom stereocenters. The highest BCUT2D eigenvalue weighted by Gasteiger charge is 2.24. The fraction of sp³-hybridized carbons (Fsp3) is 0.842. The largest absolute Gasteiger partial charge is 0.453 e. The molecule has 1 aliphatic rings. The molecule has 1 saturated heterocycles. The first-order valence-electron chi connectivity index (χ1n) is 9.98. The van der Waals surface area contributed by atoms with Gasteiger partial charge in [0.15, 0.2) is 5.96 Å². The Morgan fingerprint density at radius 2 is 1.89 bits per heavy atom. The Balaban J connectivity index is 2.46. The van der Waals surface area contributed by atoms with Crippen LogP contribution in [-0.4, -0.2) is 74.5 Å². The van der Waals surface area contributed by atoms with Gasteiger partial charge in [-0.1, -0.05) is 13.3 Å². The van der Waals surface area contributed by atoms with Crippen molar-refractivity contribution >= 4 is 18.1 Å². The number of rotatable bonds is 6. The summed E-state index contributed by atoms with van der Waals surface area (Å²) in [6.07, 6.45) is 2.73. The zero-order valence-electron chi connectivity index (χ0n) is 18.1. The molecule has 1 aliphatic heterocycles. The molecule has 1 fully saturated rings. The second-order valence-electron chi connectivity index (χ2n) is 7.96. The number of nitrogens with one attached hydrogen (secondary N) is 3. The number of amides is 2. The number of methoxy groups -OCH3 is 1. The summed E-state index contributed by atoms with van der Waals surface area (Å²) in [5.74, 6) is 0.684. The first kappa shape index (κ1) is 23.8. The molecule has 0 spiro atoms. The minimum absolute atomic E-state index is 0.0560. The van der Waals surface area contributed by atoms with Crippen LogP contribution in [0.3, 0.4) is 0 Å². The first-order chi connectivity index (χ1) is 13.2. The highest BCUT2D eigenvalue weighted by atomic mass is 16.6. The van der Waals surface area contributed by atoms with E-state index in [1.165, 1.54) is 7.11 Å². The van der Waals surface area contributed by atoms with E-state index in [4.69, 9.17) is 9.47 Å². The van der Waals surface area contributed by atoms with Crippen LogP contribution in [0.4, 0.5) is 9.59 Å². The smallest absolute Gasteiger partial charge is 0.409 e. The Morgan fingerprint density at radius 3 is 2.39 bits per heavy atom. The molecule has 1 heterocycles. The molecule has 0 radical (unpaired) electrons.